The first-order valence-corrected chi connectivity index (χ1v) is 37.1. The Morgan fingerprint density at radius 3 is 1.00 bits per heavy atom. The van der Waals surface area contributed by atoms with Crippen LogP contribution < -0.4 is 9.80 Å². The molecule has 0 atom stereocenters. The minimum Gasteiger partial charge on any atom is -0.311 e. The van der Waals surface area contributed by atoms with Crippen molar-refractivity contribution in [3.63, 3.8) is 0 Å². The monoisotopic (exact) mass is 1370 g/mol. The van der Waals surface area contributed by atoms with E-state index in [1.165, 1.54) is 142 Å². The number of hydrogen-bond donors (Lipinski definition) is 0. The van der Waals surface area contributed by atoms with Gasteiger partial charge in [0.1, 0.15) is 0 Å². The van der Waals surface area contributed by atoms with Gasteiger partial charge in [-0.15, -0.1) is 0 Å². The zero-order valence-corrected chi connectivity index (χ0v) is 59.2. The molecule has 21 rings (SSSR count). The highest BCUT2D eigenvalue weighted by molar-refractivity contribution is 6.23. The van der Waals surface area contributed by atoms with E-state index in [0.29, 0.717) is 0 Å². The van der Waals surface area contributed by atoms with Gasteiger partial charge in [-0.3, -0.25) is 0 Å². The number of para-hydroxylation sites is 3. The van der Waals surface area contributed by atoms with Crippen molar-refractivity contribution in [2.24, 2.45) is 0 Å². The number of rotatable bonds is 12. The van der Waals surface area contributed by atoms with Crippen molar-refractivity contribution in [3.05, 3.63) is 425 Å². The predicted octanol–water partition coefficient (Wildman–Crippen LogP) is 28.9. The summed E-state index contributed by atoms with van der Waals surface area (Å²) in [6, 6.07) is 154. The second kappa shape index (κ2) is 27.1. The fraction of sp³-hybridized carbons (Fsp3) is 0. The quantitative estimate of drug-likeness (QED) is 0.113. The van der Waals surface area contributed by atoms with Crippen LogP contribution in [0.4, 0.5) is 34.1 Å². The normalized spacial score (nSPS) is 11.5. The summed E-state index contributed by atoms with van der Waals surface area (Å²) in [7, 11) is 0. The van der Waals surface area contributed by atoms with Gasteiger partial charge < -0.3 is 18.9 Å². The van der Waals surface area contributed by atoms with Crippen LogP contribution in [0.1, 0.15) is 0 Å². The summed E-state index contributed by atoms with van der Waals surface area (Å²) in [5.74, 6) is 0. The van der Waals surface area contributed by atoms with Crippen LogP contribution in [0.3, 0.4) is 0 Å². The van der Waals surface area contributed by atoms with Gasteiger partial charge >= 0.3 is 0 Å². The van der Waals surface area contributed by atoms with E-state index in [0.717, 1.165) is 45.5 Å². The van der Waals surface area contributed by atoms with Gasteiger partial charge in [-0.25, -0.2) is 0 Å². The lowest BCUT2D eigenvalue weighted by molar-refractivity contribution is 1.17. The van der Waals surface area contributed by atoms with Crippen LogP contribution in [0.25, 0.3) is 153 Å². The molecule has 0 saturated carbocycles. The van der Waals surface area contributed by atoms with Gasteiger partial charge in [0.25, 0.3) is 0 Å². The number of aromatic nitrogens is 2. The van der Waals surface area contributed by atoms with Gasteiger partial charge in [0.05, 0.1) is 22.1 Å². The van der Waals surface area contributed by atoms with Crippen LogP contribution in [-0.4, -0.2) is 9.13 Å². The molecular weight excluding hydrogens is 1310 g/mol. The molecule has 0 amide bonds. The number of benzene rings is 19. The summed E-state index contributed by atoms with van der Waals surface area (Å²) in [6.07, 6.45) is 0. The molecule has 4 heteroatoms. The Kier molecular flexibility index (Phi) is 15.9. The summed E-state index contributed by atoms with van der Waals surface area (Å²) >= 11 is 0. The van der Waals surface area contributed by atoms with E-state index in [-0.39, 0.29) is 0 Å². The SMILES string of the molecule is c1ccc(-c2ccc(N(c3ccc(-c4ccc5ccccc5c4)cc3)c3cccc(-n4c5ccccc5c5c6ccccc6ccc54)c3)cc2)cc1.c1ccc(N(c2ccc(-c3ccc(-n4c5ccccc5c5c6ccccc6ccc54)cc3)cc2)c2ccc(-c3ccc4ccc5ccccc5c4c3)cc2)cc1. The van der Waals surface area contributed by atoms with Crippen LogP contribution in [-0.2, 0) is 0 Å². The van der Waals surface area contributed by atoms with E-state index in [4.69, 9.17) is 0 Å². The topological polar surface area (TPSA) is 16.3 Å². The average Bonchev–Trinajstić information content (AvgIpc) is 1.58. The van der Waals surface area contributed by atoms with Crippen LogP contribution in [0.15, 0.2) is 425 Å². The first kappa shape index (κ1) is 63.4. The highest BCUT2D eigenvalue weighted by atomic mass is 15.1. The molecule has 4 nitrogen and oxygen atoms in total. The third-order valence-electron chi connectivity index (χ3n) is 21.7. The zero-order valence-electron chi connectivity index (χ0n) is 59.2. The van der Waals surface area contributed by atoms with Crippen molar-refractivity contribution in [2.75, 3.05) is 9.80 Å². The summed E-state index contributed by atoms with van der Waals surface area (Å²) < 4.78 is 4.81. The molecular formula is C104H70N4. The molecule has 0 fully saturated rings. The molecule has 0 aliphatic carbocycles. The molecule has 0 aliphatic rings. The van der Waals surface area contributed by atoms with Gasteiger partial charge in [0, 0.05) is 67.0 Å². The molecule has 108 heavy (non-hydrogen) atoms. The maximum Gasteiger partial charge on any atom is 0.0547 e. The maximum atomic E-state index is 2.42. The molecule has 506 valence electrons. The van der Waals surface area contributed by atoms with Crippen molar-refractivity contribution in [3.8, 4) is 55.9 Å². The Hall–Kier alpha value is -14.3. The Morgan fingerprint density at radius 1 is 0.148 bits per heavy atom. The standard InChI is InChI=1S/C54H36N2.C50H34N2/c1-2-12-44(13-3-1)55(46-31-26-39(27-32-46)43-21-20-42-19-18-40-10-4-6-14-48(40)51(42)36-43)45-29-22-37(23-30-45)38-24-33-47(34-25-38)56-52-17-9-8-16-50(52)54-49-15-7-5-11-41(49)28-35-53(54)56;1-2-11-35(12-3-1)37-23-28-42(29-24-37)51(43-30-25-38(26-31-43)41-22-21-36-13-4-5-15-40(36)33-41)44-16-10-17-45(34-44)52-48-20-9-8-19-47(48)50-46-18-7-6-14-39(46)27-32-49(50)52/h1-36H;1-34H. The number of anilines is 6. The smallest absolute Gasteiger partial charge is 0.0547 e. The third-order valence-corrected chi connectivity index (χ3v) is 21.7. The Labute approximate surface area is 627 Å². The summed E-state index contributed by atoms with van der Waals surface area (Å²) in [5.41, 5.74) is 23.4. The van der Waals surface area contributed by atoms with Crippen LogP contribution in [0.5, 0.6) is 0 Å². The fourth-order valence-electron chi connectivity index (χ4n) is 16.5. The first-order valence-electron chi connectivity index (χ1n) is 37.1. The molecule has 21 aromatic rings. The summed E-state index contributed by atoms with van der Waals surface area (Å²) in [5, 5.41) is 17.8. The molecule has 0 aliphatic heterocycles. The highest BCUT2D eigenvalue weighted by Gasteiger charge is 2.21. The molecule has 19 aromatic carbocycles. The number of hydrogen-bond acceptors (Lipinski definition) is 2. The minimum absolute atomic E-state index is 1.09. The van der Waals surface area contributed by atoms with E-state index >= 15 is 0 Å². The van der Waals surface area contributed by atoms with E-state index in [2.05, 4.69) is 444 Å². The lowest BCUT2D eigenvalue weighted by Gasteiger charge is -2.26. The van der Waals surface area contributed by atoms with Crippen LogP contribution >= 0.6 is 0 Å². The molecule has 0 N–H and O–H groups in total. The van der Waals surface area contributed by atoms with E-state index < -0.39 is 0 Å². The van der Waals surface area contributed by atoms with Crippen LogP contribution in [0, 0.1) is 0 Å². The molecule has 0 bridgehead atoms. The third kappa shape index (κ3) is 11.4. The molecule has 0 radical (unpaired) electrons. The van der Waals surface area contributed by atoms with Crippen molar-refractivity contribution in [2.45, 2.75) is 0 Å². The fourth-order valence-corrected chi connectivity index (χ4v) is 16.5. The van der Waals surface area contributed by atoms with Crippen molar-refractivity contribution >= 4 is 132 Å². The predicted molar refractivity (Wildman–Crippen MR) is 460 cm³/mol. The van der Waals surface area contributed by atoms with E-state index in [1.54, 1.807) is 0 Å². The van der Waals surface area contributed by atoms with Crippen molar-refractivity contribution in [1.29, 1.82) is 0 Å². The molecule has 2 heterocycles. The summed E-state index contributed by atoms with van der Waals surface area (Å²) in [4.78, 5) is 4.70. The van der Waals surface area contributed by atoms with Gasteiger partial charge in [0.15, 0.2) is 0 Å². The van der Waals surface area contributed by atoms with Crippen LogP contribution in [0.2, 0.25) is 0 Å². The second-order valence-electron chi connectivity index (χ2n) is 28.0. The number of nitrogens with zero attached hydrogens (tertiary/aromatic N) is 4. The van der Waals surface area contributed by atoms with Gasteiger partial charge in [-0.1, -0.05) is 297 Å². The lowest BCUT2D eigenvalue weighted by atomic mass is 9.97. The Balaban J connectivity index is 0.000000143. The number of fused-ring (bicyclic) bond motifs is 14. The summed E-state index contributed by atoms with van der Waals surface area (Å²) in [6.45, 7) is 0. The van der Waals surface area contributed by atoms with Crippen molar-refractivity contribution < 1.29 is 0 Å². The maximum absolute atomic E-state index is 2.42. The second-order valence-corrected chi connectivity index (χ2v) is 28.0. The molecule has 0 spiro atoms. The first-order chi connectivity index (χ1) is 53.5. The lowest BCUT2D eigenvalue weighted by Crippen LogP contribution is -2.10. The minimum atomic E-state index is 1.09. The van der Waals surface area contributed by atoms with E-state index in [9.17, 15) is 0 Å². The average molecular weight is 1380 g/mol. The zero-order chi connectivity index (χ0) is 71.4. The van der Waals surface area contributed by atoms with Crippen molar-refractivity contribution in [1.82, 2.24) is 9.13 Å². The highest BCUT2D eigenvalue weighted by Crippen LogP contribution is 2.44. The van der Waals surface area contributed by atoms with Gasteiger partial charge in [-0.05, 0) is 226 Å². The molecule has 0 saturated heterocycles. The molecule has 2 aromatic heterocycles. The van der Waals surface area contributed by atoms with Gasteiger partial charge in [-0.2, -0.15) is 0 Å². The largest absolute Gasteiger partial charge is 0.311 e. The van der Waals surface area contributed by atoms with E-state index in [1.807, 2.05) is 0 Å². The molecule has 0 unspecified atom stereocenters. The Morgan fingerprint density at radius 2 is 0.472 bits per heavy atom. The Bertz CT molecular complexity index is 6940. The van der Waals surface area contributed by atoms with Gasteiger partial charge in [0.2, 0.25) is 0 Å².